The van der Waals surface area contributed by atoms with Gasteiger partial charge in [-0.25, -0.2) is 0 Å². The van der Waals surface area contributed by atoms with Gasteiger partial charge in [-0.15, -0.1) is 0 Å². The number of carbonyl (C=O) groups is 1. The van der Waals surface area contributed by atoms with Crippen molar-refractivity contribution in [1.82, 2.24) is 4.98 Å². The number of anilines is 2. The number of hydrogen-bond acceptors (Lipinski definition) is 7. The third-order valence-electron chi connectivity index (χ3n) is 5.76. The Labute approximate surface area is 191 Å². The molecule has 0 spiro atoms. The highest BCUT2D eigenvalue weighted by Gasteiger charge is 2.25. The fourth-order valence-corrected chi connectivity index (χ4v) is 4.19. The maximum absolute atomic E-state index is 13.2. The van der Waals surface area contributed by atoms with Gasteiger partial charge in [0.2, 0.25) is 0 Å². The number of amides is 1. The fourth-order valence-electron chi connectivity index (χ4n) is 4.19. The number of carbonyl (C=O) groups excluding carboxylic acids is 1. The van der Waals surface area contributed by atoms with Crippen molar-refractivity contribution in [3.63, 3.8) is 0 Å². The average Bonchev–Trinajstić information content (AvgIpc) is 2.84. The smallest absolute Gasteiger partial charge is 0.286 e. The minimum atomic E-state index is -0.612. The number of pyridine rings is 1. The summed E-state index contributed by atoms with van der Waals surface area (Å²) in [6, 6.07) is 8.29. The maximum Gasteiger partial charge on any atom is 0.286 e. The number of nitrogens with one attached hydrogen (secondary N) is 1. The van der Waals surface area contributed by atoms with Gasteiger partial charge in [0, 0.05) is 48.0 Å². The molecule has 2 aromatic carbocycles. The minimum Gasteiger partial charge on any atom is -0.493 e. The zero-order valence-electron chi connectivity index (χ0n) is 18.7. The van der Waals surface area contributed by atoms with Gasteiger partial charge in [-0.3, -0.25) is 19.9 Å². The zero-order valence-corrected chi connectivity index (χ0v) is 18.7. The largest absolute Gasteiger partial charge is 0.493 e. The first-order valence-electron chi connectivity index (χ1n) is 11.0. The van der Waals surface area contributed by atoms with Crippen LogP contribution in [0.5, 0.6) is 11.5 Å². The number of piperidine rings is 1. The molecule has 1 amide bonds. The van der Waals surface area contributed by atoms with E-state index in [1.165, 1.54) is 25.7 Å². The lowest BCUT2D eigenvalue weighted by Gasteiger charge is -2.30. The number of rotatable bonds is 7. The van der Waals surface area contributed by atoms with Crippen LogP contribution in [0.3, 0.4) is 0 Å². The van der Waals surface area contributed by atoms with E-state index in [1.54, 1.807) is 19.3 Å². The van der Waals surface area contributed by atoms with Gasteiger partial charge in [-0.1, -0.05) is 0 Å². The second-order valence-electron chi connectivity index (χ2n) is 7.77. The van der Waals surface area contributed by atoms with Crippen molar-refractivity contribution in [3.05, 3.63) is 58.4 Å². The molecule has 1 aliphatic rings. The molecule has 9 nitrogen and oxygen atoms in total. The van der Waals surface area contributed by atoms with Crippen LogP contribution in [0.25, 0.3) is 10.8 Å². The molecule has 33 heavy (non-hydrogen) atoms. The van der Waals surface area contributed by atoms with E-state index in [0.29, 0.717) is 12.3 Å². The first kappa shape index (κ1) is 22.3. The van der Waals surface area contributed by atoms with Crippen LogP contribution in [0.2, 0.25) is 0 Å². The summed E-state index contributed by atoms with van der Waals surface area (Å²) >= 11 is 0. The second kappa shape index (κ2) is 9.72. The summed E-state index contributed by atoms with van der Waals surface area (Å²) in [6.07, 6.45) is 6.95. The van der Waals surface area contributed by atoms with Crippen molar-refractivity contribution >= 4 is 33.7 Å². The van der Waals surface area contributed by atoms with Crippen LogP contribution in [0, 0.1) is 10.1 Å². The normalized spacial score (nSPS) is 13.6. The zero-order chi connectivity index (χ0) is 23.4. The molecule has 1 fully saturated rings. The minimum absolute atomic E-state index is 0.113. The summed E-state index contributed by atoms with van der Waals surface area (Å²) in [4.78, 5) is 30.8. The maximum atomic E-state index is 13.2. The van der Waals surface area contributed by atoms with Crippen LogP contribution in [0.15, 0.2) is 42.7 Å². The molecular weight excluding hydrogens is 424 g/mol. The Balaban J connectivity index is 1.72. The van der Waals surface area contributed by atoms with Crippen LogP contribution in [0.4, 0.5) is 17.1 Å². The van der Waals surface area contributed by atoms with Crippen LogP contribution in [0.1, 0.15) is 36.5 Å². The predicted molar refractivity (Wildman–Crippen MR) is 127 cm³/mol. The number of ether oxygens (including phenoxy) is 2. The molecule has 2 heterocycles. The third-order valence-corrected chi connectivity index (χ3v) is 5.76. The summed E-state index contributed by atoms with van der Waals surface area (Å²) < 4.78 is 10.7. The standard InChI is InChI=1S/C24H26N4O5/c1-3-33-23-14-21(28(30)31)17(13-22(23)32-2)24(29)26-19-7-8-20(27-11-5-4-6-12-27)16-9-10-25-15-18(16)19/h7-10,13-15H,3-6,11-12H2,1-2H3,(H,26,29). The first-order chi connectivity index (χ1) is 16.0. The number of methoxy groups -OCH3 is 1. The van der Waals surface area contributed by atoms with Crippen LogP contribution < -0.4 is 19.7 Å². The van der Waals surface area contributed by atoms with Crippen molar-refractivity contribution < 1.29 is 19.2 Å². The molecular formula is C24H26N4O5. The van der Waals surface area contributed by atoms with Crippen LogP contribution in [-0.4, -0.2) is 42.6 Å². The molecule has 3 aromatic rings. The molecule has 172 valence electrons. The second-order valence-corrected chi connectivity index (χ2v) is 7.77. The highest BCUT2D eigenvalue weighted by Crippen LogP contribution is 2.37. The number of aromatic nitrogens is 1. The molecule has 1 aromatic heterocycles. The van der Waals surface area contributed by atoms with Crippen molar-refractivity contribution in [2.45, 2.75) is 26.2 Å². The van der Waals surface area contributed by atoms with E-state index in [1.807, 2.05) is 18.2 Å². The van der Waals surface area contributed by atoms with E-state index in [2.05, 4.69) is 15.2 Å². The van der Waals surface area contributed by atoms with Crippen molar-refractivity contribution in [1.29, 1.82) is 0 Å². The van der Waals surface area contributed by atoms with Gasteiger partial charge in [-0.05, 0) is 44.4 Å². The highest BCUT2D eigenvalue weighted by molar-refractivity contribution is 6.12. The molecule has 0 radical (unpaired) electrons. The SMILES string of the molecule is CCOc1cc([N+](=O)[O-])c(C(=O)Nc2ccc(N3CCCCC3)c3ccncc23)cc1OC. The van der Waals surface area contributed by atoms with Crippen molar-refractivity contribution in [2.24, 2.45) is 0 Å². The molecule has 0 aliphatic carbocycles. The topological polar surface area (TPSA) is 107 Å². The van der Waals surface area contributed by atoms with Gasteiger partial charge in [0.25, 0.3) is 11.6 Å². The summed E-state index contributed by atoms with van der Waals surface area (Å²) in [5.74, 6) is -0.151. The van der Waals surface area contributed by atoms with Gasteiger partial charge < -0.3 is 19.7 Å². The summed E-state index contributed by atoms with van der Waals surface area (Å²) in [5.41, 5.74) is 1.16. The van der Waals surface area contributed by atoms with Gasteiger partial charge >= 0.3 is 0 Å². The molecule has 0 bridgehead atoms. The van der Waals surface area contributed by atoms with Gasteiger partial charge in [0.15, 0.2) is 11.5 Å². The fraction of sp³-hybridized carbons (Fsp3) is 0.333. The number of benzene rings is 2. The lowest BCUT2D eigenvalue weighted by Crippen LogP contribution is -2.29. The Morgan fingerprint density at radius 3 is 2.64 bits per heavy atom. The van der Waals surface area contributed by atoms with Crippen molar-refractivity contribution in [2.75, 3.05) is 37.0 Å². The number of fused-ring (bicyclic) bond motifs is 1. The molecule has 4 rings (SSSR count). The highest BCUT2D eigenvalue weighted by atomic mass is 16.6. The quantitative estimate of drug-likeness (QED) is 0.407. The molecule has 1 saturated heterocycles. The van der Waals surface area contributed by atoms with Gasteiger partial charge in [0.05, 0.1) is 30.4 Å². The lowest BCUT2D eigenvalue weighted by molar-refractivity contribution is -0.385. The summed E-state index contributed by atoms with van der Waals surface area (Å²) in [7, 11) is 1.42. The van der Waals surface area contributed by atoms with E-state index in [0.717, 1.165) is 42.4 Å². The molecule has 0 saturated carbocycles. The monoisotopic (exact) mass is 450 g/mol. The van der Waals surface area contributed by atoms with E-state index in [-0.39, 0.29) is 22.7 Å². The third kappa shape index (κ3) is 4.52. The summed E-state index contributed by atoms with van der Waals surface area (Å²) in [6.45, 7) is 4.04. The molecule has 0 unspecified atom stereocenters. The first-order valence-corrected chi connectivity index (χ1v) is 11.0. The Bertz CT molecular complexity index is 1190. The average molecular weight is 450 g/mol. The van der Waals surface area contributed by atoms with E-state index in [4.69, 9.17) is 9.47 Å². The number of nitro benzene ring substituents is 1. The van der Waals surface area contributed by atoms with E-state index < -0.39 is 10.8 Å². The number of hydrogen-bond donors (Lipinski definition) is 1. The van der Waals surface area contributed by atoms with Crippen LogP contribution >= 0.6 is 0 Å². The Kier molecular flexibility index (Phi) is 6.58. The Morgan fingerprint density at radius 1 is 1.15 bits per heavy atom. The number of nitrogens with zero attached hydrogens (tertiary/aromatic N) is 3. The van der Waals surface area contributed by atoms with Gasteiger partial charge in [-0.2, -0.15) is 0 Å². The van der Waals surface area contributed by atoms with E-state index >= 15 is 0 Å². The molecule has 0 atom stereocenters. The van der Waals surface area contributed by atoms with E-state index in [9.17, 15) is 14.9 Å². The summed E-state index contributed by atoms with van der Waals surface area (Å²) in [5, 5.41) is 16.3. The van der Waals surface area contributed by atoms with Crippen LogP contribution in [-0.2, 0) is 0 Å². The van der Waals surface area contributed by atoms with Gasteiger partial charge in [0.1, 0.15) is 5.56 Å². The Hall–Kier alpha value is -3.88. The van der Waals surface area contributed by atoms with Crippen molar-refractivity contribution in [3.8, 4) is 11.5 Å². The predicted octanol–water partition coefficient (Wildman–Crippen LogP) is 4.79. The lowest BCUT2D eigenvalue weighted by atomic mass is 10.0. The molecule has 9 heteroatoms. The molecule has 1 N–H and O–H groups in total. The Morgan fingerprint density at radius 2 is 1.94 bits per heavy atom. The molecule has 1 aliphatic heterocycles. The number of nitro groups is 1.